The van der Waals surface area contributed by atoms with Crippen molar-refractivity contribution in [3.63, 3.8) is 0 Å². The largest absolute Gasteiger partial charge is 0.299 e. The summed E-state index contributed by atoms with van der Waals surface area (Å²) in [4.78, 5) is 23.6. The number of Topliss-reactive ketones (excluding diaryl/α,β-unsaturated/α-hetero) is 1. The number of rotatable bonds is 2. The lowest BCUT2D eigenvalue weighted by Gasteiger charge is -2.44. The normalized spacial score (nSPS) is 30.8. The van der Waals surface area contributed by atoms with E-state index in [9.17, 15) is 9.70 Å². The zero-order valence-corrected chi connectivity index (χ0v) is 10.9. The van der Waals surface area contributed by atoms with Gasteiger partial charge in [0, 0.05) is 12.3 Å². The van der Waals surface area contributed by atoms with Gasteiger partial charge in [0.25, 0.3) is 0 Å². The minimum Gasteiger partial charge on any atom is -0.299 e. The molecule has 100 valence electrons. The maximum Gasteiger partial charge on any atom is 0.140 e. The van der Waals surface area contributed by atoms with E-state index in [0.29, 0.717) is 12.2 Å². The zero-order chi connectivity index (χ0) is 13.2. The molecule has 19 heavy (non-hydrogen) atoms. The summed E-state index contributed by atoms with van der Waals surface area (Å²) in [5.74, 6) is 0.324. The molecule has 0 amide bonds. The van der Waals surface area contributed by atoms with E-state index in [-0.39, 0.29) is 18.0 Å². The third-order valence-electron chi connectivity index (χ3n) is 4.48. The summed E-state index contributed by atoms with van der Waals surface area (Å²) in [7, 11) is 0. The van der Waals surface area contributed by atoms with Crippen LogP contribution in [0.25, 0.3) is 0 Å². The maximum absolute atomic E-state index is 12.3. The van der Waals surface area contributed by atoms with Crippen LogP contribution in [0, 0.1) is 10.8 Å². The fourth-order valence-electron chi connectivity index (χ4n) is 3.53. The predicted octanol–water partition coefficient (Wildman–Crippen LogP) is 3.24. The molecule has 1 saturated carbocycles. The van der Waals surface area contributed by atoms with Crippen molar-refractivity contribution in [1.82, 2.24) is 5.01 Å². The summed E-state index contributed by atoms with van der Waals surface area (Å²) in [6, 6.07) is 9.60. The Morgan fingerprint density at radius 2 is 1.84 bits per heavy atom. The van der Waals surface area contributed by atoms with Gasteiger partial charge in [-0.05, 0) is 18.4 Å². The summed E-state index contributed by atoms with van der Waals surface area (Å²) in [5, 5.41) is 4.91. The van der Waals surface area contributed by atoms with Crippen molar-refractivity contribution in [2.75, 3.05) is 0 Å². The zero-order valence-electron chi connectivity index (χ0n) is 10.9. The molecule has 0 bridgehead atoms. The average Bonchev–Trinajstić information content (AvgIpc) is 2.48. The van der Waals surface area contributed by atoms with Gasteiger partial charge < -0.3 is 0 Å². The minimum atomic E-state index is -0.175. The van der Waals surface area contributed by atoms with Crippen molar-refractivity contribution in [2.45, 2.75) is 44.2 Å². The first-order chi connectivity index (χ1) is 9.31. The van der Waals surface area contributed by atoms with Crippen LogP contribution in [0.2, 0.25) is 0 Å². The lowest BCUT2D eigenvalue weighted by atomic mass is 9.75. The van der Waals surface area contributed by atoms with Crippen LogP contribution >= 0.6 is 0 Å². The molecule has 4 heteroatoms. The van der Waals surface area contributed by atoms with E-state index in [1.165, 1.54) is 0 Å². The number of fused-ring (bicyclic) bond motifs is 1. The van der Waals surface area contributed by atoms with Crippen molar-refractivity contribution < 1.29 is 4.79 Å². The molecule has 1 saturated heterocycles. The molecule has 2 fully saturated rings. The standard InChI is InChI=1S/C15H18N2O2/c18-15-10-14(11-6-2-1-3-7-11)17(16-19)13-9-5-4-8-12(13)15/h1-3,6-7,12-14H,4-5,8-10H2/t12?,13?,14-/m1/s1. The van der Waals surface area contributed by atoms with Gasteiger partial charge in [-0.3, -0.25) is 4.79 Å². The molecule has 3 atom stereocenters. The topological polar surface area (TPSA) is 49.7 Å². The fraction of sp³-hybridized carbons (Fsp3) is 0.533. The number of ketones is 1. The Labute approximate surface area is 112 Å². The van der Waals surface area contributed by atoms with Gasteiger partial charge in [-0.15, -0.1) is 4.91 Å². The molecule has 4 nitrogen and oxygen atoms in total. The molecule has 1 heterocycles. The number of nitroso groups, excluding NO2 is 1. The van der Waals surface area contributed by atoms with Crippen LogP contribution in [0.4, 0.5) is 0 Å². The van der Waals surface area contributed by atoms with E-state index in [0.717, 1.165) is 31.2 Å². The van der Waals surface area contributed by atoms with Crippen molar-refractivity contribution in [3.05, 3.63) is 40.8 Å². The van der Waals surface area contributed by atoms with Gasteiger partial charge in [-0.2, -0.15) is 0 Å². The fourth-order valence-corrected chi connectivity index (χ4v) is 3.53. The molecule has 1 aliphatic heterocycles. The first-order valence-corrected chi connectivity index (χ1v) is 7.00. The molecule has 1 aliphatic carbocycles. The molecule has 1 aromatic rings. The first-order valence-electron chi connectivity index (χ1n) is 7.00. The third-order valence-corrected chi connectivity index (χ3v) is 4.48. The number of hydrogen-bond donors (Lipinski definition) is 0. The maximum atomic E-state index is 12.3. The lowest BCUT2D eigenvalue weighted by molar-refractivity contribution is -0.134. The van der Waals surface area contributed by atoms with E-state index in [4.69, 9.17) is 0 Å². The van der Waals surface area contributed by atoms with E-state index in [1.807, 2.05) is 30.3 Å². The van der Waals surface area contributed by atoms with Crippen molar-refractivity contribution in [1.29, 1.82) is 0 Å². The Bertz CT molecular complexity index is 474. The van der Waals surface area contributed by atoms with E-state index in [2.05, 4.69) is 5.29 Å². The lowest BCUT2D eigenvalue weighted by Crippen LogP contribution is -2.49. The quantitative estimate of drug-likeness (QED) is 0.765. The summed E-state index contributed by atoms with van der Waals surface area (Å²) in [5.41, 5.74) is 1.01. The molecular weight excluding hydrogens is 240 g/mol. The number of carbonyl (C=O) groups is 1. The van der Waals surface area contributed by atoms with Crippen LogP contribution in [0.1, 0.15) is 43.7 Å². The summed E-state index contributed by atoms with van der Waals surface area (Å²) >= 11 is 0. The van der Waals surface area contributed by atoms with Crippen LogP contribution in [0.3, 0.4) is 0 Å². The Kier molecular flexibility index (Phi) is 3.32. The molecule has 2 unspecified atom stereocenters. The monoisotopic (exact) mass is 258 g/mol. The highest BCUT2D eigenvalue weighted by Gasteiger charge is 2.44. The Morgan fingerprint density at radius 3 is 2.58 bits per heavy atom. The number of carbonyl (C=O) groups excluding carboxylic acids is 1. The second-order valence-electron chi connectivity index (χ2n) is 5.52. The van der Waals surface area contributed by atoms with Gasteiger partial charge in [-0.1, -0.05) is 43.2 Å². The van der Waals surface area contributed by atoms with E-state index >= 15 is 0 Å². The number of hydrogen-bond acceptors (Lipinski definition) is 3. The molecule has 0 radical (unpaired) electrons. The number of nitrogens with zero attached hydrogens (tertiary/aromatic N) is 2. The third kappa shape index (κ3) is 2.15. The minimum absolute atomic E-state index is 0.0118. The van der Waals surface area contributed by atoms with Crippen molar-refractivity contribution >= 4 is 5.78 Å². The molecule has 0 aromatic heterocycles. The summed E-state index contributed by atoms with van der Waals surface area (Å²) < 4.78 is 0. The SMILES string of the molecule is O=NN1C2CCCCC2C(=O)C[C@@H]1c1ccccc1. The molecule has 3 rings (SSSR count). The van der Waals surface area contributed by atoms with Crippen LogP contribution in [0.15, 0.2) is 35.6 Å². The highest BCUT2D eigenvalue weighted by atomic mass is 16.3. The van der Waals surface area contributed by atoms with E-state index in [1.54, 1.807) is 5.01 Å². The highest BCUT2D eigenvalue weighted by molar-refractivity contribution is 5.83. The van der Waals surface area contributed by atoms with Crippen LogP contribution < -0.4 is 0 Å². The molecule has 1 aromatic carbocycles. The Hall–Kier alpha value is -1.71. The number of piperidine rings is 1. The second kappa shape index (κ2) is 5.11. The van der Waals surface area contributed by atoms with Crippen molar-refractivity contribution in [2.24, 2.45) is 11.2 Å². The van der Waals surface area contributed by atoms with Crippen LogP contribution in [-0.2, 0) is 4.79 Å². The van der Waals surface area contributed by atoms with Gasteiger partial charge in [0.1, 0.15) is 5.78 Å². The van der Waals surface area contributed by atoms with Crippen LogP contribution in [0.5, 0.6) is 0 Å². The Balaban J connectivity index is 1.92. The van der Waals surface area contributed by atoms with Crippen molar-refractivity contribution in [3.8, 4) is 0 Å². The molecular formula is C15H18N2O2. The Morgan fingerprint density at radius 1 is 1.11 bits per heavy atom. The van der Waals surface area contributed by atoms with Gasteiger partial charge in [0.15, 0.2) is 0 Å². The van der Waals surface area contributed by atoms with Gasteiger partial charge in [-0.25, -0.2) is 5.01 Å². The molecule has 0 N–H and O–H groups in total. The highest BCUT2D eigenvalue weighted by Crippen LogP contribution is 2.41. The number of benzene rings is 1. The summed E-state index contributed by atoms with van der Waals surface area (Å²) in [6.07, 6.45) is 4.41. The predicted molar refractivity (Wildman–Crippen MR) is 72.2 cm³/mol. The molecule has 2 aliphatic rings. The smallest absolute Gasteiger partial charge is 0.140 e. The first kappa shape index (κ1) is 12.3. The van der Waals surface area contributed by atoms with Gasteiger partial charge >= 0.3 is 0 Å². The second-order valence-corrected chi connectivity index (χ2v) is 5.52. The van der Waals surface area contributed by atoms with E-state index < -0.39 is 0 Å². The average molecular weight is 258 g/mol. The van der Waals surface area contributed by atoms with Gasteiger partial charge in [0.05, 0.1) is 17.4 Å². The molecule has 0 spiro atoms. The van der Waals surface area contributed by atoms with Gasteiger partial charge in [0.2, 0.25) is 0 Å². The van der Waals surface area contributed by atoms with Crippen LogP contribution in [-0.4, -0.2) is 16.8 Å². The summed E-state index contributed by atoms with van der Waals surface area (Å²) in [6.45, 7) is 0.